The smallest absolute Gasteiger partial charge is 0.255 e. The number of hydrogen-bond acceptors (Lipinski definition) is 6. The average molecular weight is 497 g/mol. The summed E-state index contributed by atoms with van der Waals surface area (Å²) in [7, 11) is -1.91. The van der Waals surface area contributed by atoms with Crippen LogP contribution in [0.3, 0.4) is 0 Å². The molecule has 1 unspecified atom stereocenters. The van der Waals surface area contributed by atoms with Crippen molar-refractivity contribution in [3.05, 3.63) is 83.9 Å². The molecular formula is C26H28N2O6S. The van der Waals surface area contributed by atoms with E-state index in [0.717, 1.165) is 11.8 Å². The Morgan fingerprint density at radius 3 is 2.31 bits per heavy atom. The fourth-order valence-corrected chi connectivity index (χ4v) is 3.98. The Labute approximate surface area is 205 Å². The van der Waals surface area contributed by atoms with Crippen LogP contribution in [0.15, 0.2) is 72.8 Å². The molecule has 0 heterocycles. The lowest BCUT2D eigenvalue weighted by Crippen LogP contribution is -2.44. The maximum absolute atomic E-state index is 13.0. The Morgan fingerprint density at radius 1 is 0.943 bits per heavy atom. The minimum Gasteiger partial charge on any atom is -0.496 e. The molecule has 0 aliphatic carbocycles. The minimum absolute atomic E-state index is 0.0832. The van der Waals surface area contributed by atoms with E-state index in [9.17, 15) is 18.0 Å². The van der Waals surface area contributed by atoms with Crippen LogP contribution in [0, 0.1) is 6.92 Å². The van der Waals surface area contributed by atoms with E-state index in [1.165, 1.54) is 7.11 Å². The summed E-state index contributed by atoms with van der Waals surface area (Å²) in [5.41, 5.74) is 1.79. The lowest BCUT2D eigenvalue weighted by atomic mass is 10.1. The number of benzene rings is 3. The van der Waals surface area contributed by atoms with Crippen LogP contribution in [0.4, 0.5) is 5.69 Å². The molecule has 3 aromatic rings. The van der Waals surface area contributed by atoms with Crippen LogP contribution < -0.4 is 20.1 Å². The molecule has 0 spiro atoms. The Balaban J connectivity index is 1.71. The molecule has 3 aromatic carbocycles. The summed E-state index contributed by atoms with van der Waals surface area (Å²) < 4.78 is 34.4. The van der Waals surface area contributed by atoms with Crippen LogP contribution in [-0.4, -0.2) is 45.4 Å². The van der Waals surface area contributed by atoms with E-state index in [4.69, 9.17) is 9.47 Å². The van der Waals surface area contributed by atoms with Crippen molar-refractivity contribution in [3.8, 4) is 17.2 Å². The molecule has 0 bridgehead atoms. The second-order valence-electron chi connectivity index (χ2n) is 8.08. The molecule has 0 aliphatic rings. The van der Waals surface area contributed by atoms with E-state index in [1.807, 2.05) is 31.2 Å². The van der Waals surface area contributed by atoms with Crippen molar-refractivity contribution in [2.75, 3.05) is 24.4 Å². The number of nitrogens with one attached hydrogen (secondary N) is 2. The van der Waals surface area contributed by atoms with Crippen molar-refractivity contribution < 1.29 is 27.5 Å². The fraction of sp³-hybridized carbons (Fsp3) is 0.231. The molecule has 3 rings (SSSR count). The number of hydrogen-bond donors (Lipinski definition) is 2. The zero-order valence-corrected chi connectivity index (χ0v) is 20.6. The number of carbonyl (C=O) groups excluding carboxylic acids is 2. The molecule has 2 N–H and O–H groups in total. The van der Waals surface area contributed by atoms with E-state index < -0.39 is 27.7 Å². The van der Waals surface area contributed by atoms with Crippen molar-refractivity contribution in [2.24, 2.45) is 0 Å². The lowest BCUT2D eigenvalue weighted by molar-refractivity contribution is -0.118. The summed E-state index contributed by atoms with van der Waals surface area (Å²) in [6, 6.07) is 19.9. The molecule has 2 amide bonds. The van der Waals surface area contributed by atoms with Crippen molar-refractivity contribution in [2.45, 2.75) is 19.4 Å². The van der Waals surface area contributed by atoms with Crippen LogP contribution in [0.2, 0.25) is 0 Å². The maximum Gasteiger partial charge on any atom is 0.255 e. The predicted octanol–water partition coefficient (Wildman–Crippen LogP) is 3.97. The molecule has 0 radical (unpaired) electrons. The molecule has 184 valence electrons. The van der Waals surface area contributed by atoms with Gasteiger partial charge in [-0.25, -0.2) is 8.42 Å². The third-order valence-corrected chi connectivity index (χ3v) is 6.08. The van der Waals surface area contributed by atoms with Gasteiger partial charge in [-0.05, 0) is 67.4 Å². The normalized spacial score (nSPS) is 11.9. The zero-order valence-electron chi connectivity index (χ0n) is 19.8. The number of sulfone groups is 1. The first-order valence-electron chi connectivity index (χ1n) is 10.9. The highest BCUT2D eigenvalue weighted by Crippen LogP contribution is 2.24. The molecule has 1 atom stereocenters. The summed E-state index contributed by atoms with van der Waals surface area (Å²) in [5, 5.41) is 5.36. The molecule has 0 saturated carbocycles. The maximum atomic E-state index is 13.0. The van der Waals surface area contributed by atoms with Gasteiger partial charge in [-0.3, -0.25) is 9.59 Å². The first-order valence-corrected chi connectivity index (χ1v) is 13.0. The van der Waals surface area contributed by atoms with E-state index in [0.29, 0.717) is 22.9 Å². The topological polar surface area (TPSA) is 111 Å². The SMILES string of the molecule is COc1ccccc1C(=O)NC(CCS(C)(=O)=O)C(=O)Nc1ccc(Oc2cccc(C)c2)cc1. The van der Waals surface area contributed by atoms with E-state index in [1.54, 1.807) is 48.5 Å². The highest BCUT2D eigenvalue weighted by atomic mass is 32.2. The number of aryl methyl sites for hydroxylation is 1. The van der Waals surface area contributed by atoms with E-state index in [2.05, 4.69) is 10.6 Å². The summed E-state index contributed by atoms with van der Waals surface area (Å²) in [4.78, 5) is 25.8. The van der Waals surface area contributed by atoms with Gasteiger partial charge in [-0.2, -0.15) is 0 Å². The highest BCUT2D eigenvalue weighted by molar-refractivity contribution is 7.90. The summed E-state index contributed by atoms with van der Waals surface area (Å²) >= 11 is 0. The molecule has 0 saturated heterocycles. The number of rotatable bonds is 10. The summed E-state index contributed by atoms with van der Waals surface area (Å²) in [5.74, 6) is 0.285. The van der Waals surface area contributed by atoms with Gasteiger partial charge >= 0.3 is 0 Å². The Bertz CT molecular complexity index is 1290. The Kier molecular flexibility index (Phi) is 8.48. The monoisotopic (exact) mass is 496 g/mol. The van der Waals surface area contributed by atoms with Crippen molar-refractivity contribution in [3.63, 3.8) is 0 Å². The average Bonchev–Trinajstić information content (AvgIpc) is 2.82. The molecular weight excluding hydrogens is 468 g/mol. The molecule has 0 aromatic heterocycles. The first kappa shape index (κ1) is 25.8. The number of ether oxygens (including phenoxy) is 2. The largest absolute Gasteiger partial charge is 0.496 e. The van der Waals surface area contributed by atoms with Gasteiger partial charge in [0.1, 0.15) is 33.1 Å². The number of methoxy groups -OCH3 is 1. The molecule has 0 aliphatic heterocycles. The minimum atomic E-state index is -3.35. The molecule has 35 heavy (non-hydrogen) atoms. The summed E-state index contributed by atoms with van der Waals surface area (Å²) in [6.07, 6.45) is 0.997. The standard InChI is InChI=1S/C26H28N2O6S/c1-18-7-6-8-21(17-18)34-20-13-11-19(12-14-20)27-26(30)23(15-16-35(3,31)32)28-25(29)22-9-4-5-10-24(22)33-2/h4-14,17,23H,15-16H2,1-3H3,(H,27,30)(H,28,29). The summed E-state index contributed by atoms with van der Waals surface area (Å²) in [6.45, 7) is 1.97. The number of para-hydroxylation sites is 1. The van der Waals surface area contributed by atoms with Gasteiger partial charge in [-0.1, -0.05) is 24.3 Å². The Morgan fingerprint density at radius 2 is 1.66 bits per heavy atom. The van der Waals surface area contributed by atoms with Gasteiger partial charge in [-0.15, -0.1) is 0 Å². The van der Waals surface area contributed by atoms with Gasteiger partial charge in [0.25, 0.3) is 5.91 Å². The van der Waals surface area contributed by atoms with Crippen LogP contribution >= 0.6 is 0 Å². The van der Waals surface area contributed by atoms with Crippen LogP contribution in [0.25, 0.3) is 0 Å². The predicted molar refractivity (Wildman–Crippen MR) is 135 cm³/mol. The third-order valence-electron chi connectivity index (χ3n) is 5.10. The van der Waals surface area contributed by atoms with Gasteiger partial charge in [0.15, 0.2) is 0 Å². The zero-order chi connectivity index (χ0) is 25.4. The number of anilines is 1. The van der Waals surface area contributed by atoms with Crippen LogP contribution in [0.1, 0.15) is 22.3 Å². The second-order valence-corrected chi connectivity index (χ2v) is 10.3. The number of amides is 2. The van der Waals surface area contributed by atoms with Gasteiger partial charge < -0.3 is 20.1 Å². The lowest BCUT2D eigenvalue weighted by Gasteiger charge is -2.19. The van der Waals surface area contributed by atoms with Crippen LogP contribution in [-0.2, 0) is 14.6 Å². The van der Waals surface area contributed by atoms with Crippen molar-refractivity contribution in [1.82, 2.24) is 5.32 Å². The number of carbonyl (C=O) groups is 2. The van der Waals surface area contributed by atoms with E-state index >= 15 is 0 Å². The highest BCUT2D eigenvalue weighted by Gasteiger charge is 2.24. The first-order chi connectivity index (χ1) is 16.6. The molecule has 9 heteroatoms. The quantitative estimate of drug-likeness (QED) is 0.439. The molecule has 0 fully saturated rings. The van der Waals surface area contributed by atoms with Gasteiger partial charge in [0.2, 0.25) is 5.91 Å². The van der Waals surface area contributed by atoms with E-state index in [-0.39, 0.29) is 17.7 Å². The third kappa shape index (κ3) is 7.86. The fourth-order valence-electron chi connectivity index (χ4n) is 3.32. The Hall–Kier alpha value is -3.85. The molecule has 8 nitrogen and oxygen atoms in total. The van der Waals surface area contributed by atoms with Crippen molar-refractivity contribution in [1.29, 1.82) is 0 Å². The van der Waals surface area contributed by atoms with Crippen molar-refractivity contribution >= 4 is 27.3 Å². The van der Waals surface area contributed by atoms with Gasteiger partial charge in [0.05, 0.1) is 18.4 Å². The second kappa shape index (κ2) is 11.5. The van der Waals surface area contributed by atoms with Gasteiger partial charge in [0, 0.05) is 11.9 Å². The van der Waals surface area contributed by atoms with Crippen LogP contribution in [0.5, 0.6) is 17.2 Å².